The van der Waals surface area contributed by atoms with Gasteiger partial charge in [0, 0.05) is 5.02 Å². The Morgan fingerprint density at radius 1 is 1.15 bits per heavy atom. The van der Waals surface area contributed by atoms with Gasteiger partial charge in [-0.3, -0.25) is 14.5 Å². The molecular formula is C18H14Cl2N2O3S. The number of carbonyl (C=O) groups is 2. The van der Waals surface area contributed by atoms with E-state index in [0.29, 0.717) is 20.6 Å². The maximum absolute atomic E-state index is 12.5. The molecule has 0 spiro atoms. The molecule has 0 unspecified atom stereocenters. The molecule has 1 heterocycles. The van der Waals surface area contributed by atoms with Crippen LogP contribution in [0.3, 0.4) is 0 Å². The molecule has 1 fully saturated rings. The van der Waals surface area contributed by atoms with E-state index < -0.39 is 0 Å². The Kier molecular flexibility index (Phi) is 5.76. The highest BCUT2D eigenvalue weighted by Crippen LogP contribution is 2.33. The monoisotopic (exact) mass is 408 g/mol. The van der Waals surface area contributed by atoms with Crippen LogP contribution in [0.5, 0.6) is 5.75 Å². The first kappa shape index (κ1) is 18.6. The molecule has 134 valence electrons. The van der Waals surface area contributed by atoms with E-state index in [9.17, 15) is 9.59 Å². The number of nitrogens with zero attached hydrogens (tertiary/aromatic N) is 1. The largest absolute Gasteiger partial charge is 0.497 e. The molecule has 0 aromatic heterocycles. The number of imide groups is 1. The number of carbonyl (C=O) groups excluding carboxylic acids is 2. The lowest BCUT2D eigenvalue weighted by molar-refractivity contribution is -0.122. The number of halogens is 2. The molecule has 1 aliphatic heterocycles. The molecule has 2 amide bonds. The smallest absolute Gasteiger partial charge is 0.295 e. The maximum Gasteiger partial charge on any atom is 0.295 e. The van der Waals surface area contributed by atoms with Crippen LogP contribution in [-0.4, -0.2) is 29.8 Å². The average Bonchev–Trinajstić information content (AvgIpc) is 2.90. The van der Waals surface area contributed by atoms with Crippen molar-refractivity contribution in [2.45, 2.75) is 0 Å². The summed E-state index contributed by atoms with van der Waals surface area (Å²) in [6.45, 7) is 0.00464. The Morgan fingerprint density at radius 2 is 1.88 bits per heavy atom. The van der Waals surface area contributed by atoms with Gasteiger partial charge in [-0.15, -0.1) is 0 Å². The van der Waals surface area contributed by atoms with Crippen LogP contribution >= 0.6 is 35.0 Å². The quantitative estimate of drug-likeness (QED) is 0.696. The standard InChI is InChI=1S/C18H14Cl2N2O3S/c1-25-13-5-2-11(3-6-13)8-16-17(23)22(18(24)26-16)10-21-15-9-12(19)4-7-14(15)20/h2-9,21H,10H2,1H3. The van der Waals surface area contributed by atoms with E-state index in [-0.39, 0.29) is 17.8 Å². The highest BCUT2D eigenvalue weighted by molar-refractivity contribution is 8.18. The summed E-state index contributed by atoms with van der Waals surface area (Å²) < 4.78 is 5.10. The summed E-state index contributed by atoms with van der Waals surface area (Å²) in [5.41, 5.74) is 1.36. The van der Waals surface area contributed by atoms with E-state index in [1.165, 1.54) is 0 Å². The third-order valence-electron chi connectivity index (χ3n) is 3.64. The molecule has 0 atom stereocenters. The van der Waals surface area contributed by atoms with Gasteiger partial charge in [0.05, 0.1) is 29.4 Å². The predicted octanol–water partition coefficient (Wildman–Crippen LogP) is 5.11. The molecule has 0 saturated carbocycles. The van der Waals surface area contributed by atoms with Crippen molar-refractivity contribution in [1.29, 1.82) is 0 Å². The average molecular weight is 409 g/mol. The van der Waals surface area contributed by atoms with Crippen LogP contribution in [0.25, 0.3) is 6.08 Å². The number of hydrogen-bond donors (Lipinski definition) is 1. The highest BCUT2D eigenvalue weighted by atomic mass is 35.5. The summed E-state index contributed by atoms with van der Waals surface area (Å²) in [6.07, 6.45) is 1.68. The summed E-state index contributed by atoms with van der Waals surface area (Å²) in [5.74, 6) is 0.360. The van der Waals surface area contributed by atoms with Crippen LogP contribution in [0, 0.1) is 0 Å². The van der Waals surface area contributed by atoms with Crippen molar-refractivity contribution in [2.24, 2.45) is 0 Å². The Labute approximate surface area is 164 Å². The van der Waals surface area contributed by atoms with Crippen molar-refractivity contribution in [3.8, 4) is 5.75 Å². The molecule has 0 radical (unpaired) electrons. The lowest BCUT2D eigenvalue weighted by Crippen LogP contribution is -2.33. The molecule has 5 nitrogen and oxygen atoms in total. The van der Waals surface area contributed by atoms with Crippen molar-refractivity contribution < 1.29 is 14.3 Å². The first-order chi connectivity index (χ1) is 12.5. The SMILES string of the molecule is COc1ccc(C=C2SC(=O)N(CNc3cc(Cl)ccc3Cl)C2=O)cc1. The number of anilines is 1. The molecule has 1 N–H and O–H groups in total. The van der Waals surface area contributed by atoms with Crippen LogP contribution in [0.15, 0.2) is 47.4 Å². The van der Waals surface area contributed by atoms with Crippen molar-refractivity contribution in [3.63, 3.8) is 0 Å². The summed E-state index contributed by atoms with van der Waals surface area (Å²) in [6, 6.07) is 12.2. The fourth-order valence-corrected chi connectivity index (χ4v) is 3.48. The third kappa shape index (κ3) is 4.15. The lowest BCUT2D eigenvalue weighted by Gasteiger charge is -2.15. The fourth-order valence-electron chi connectivity index (χ4n) is 2.29. The third-order valence-corrected chi connectivity index (χ3v) is 5.12. The van der Waals surface area contributed by atoms with Crippen molar-refractivity contribution in [1.82, 2.24) is 4.90 Å². The number of rotatable bonds is 5. The zero-order valence-corrected chi connectivity index (χ0v) is 16.0. The van der Waals surface area contributed by atoms with E-state index in [0.717, 1.165) is 28.0 Å². The van der Waals surface area contributed by atoms with Gasteiger partial charge in [-0.1, -0.05) is 35.3 Å². The second-order valence-corrected chi connectivity index (χ2v) is 7.18. The van der Waals surface area contributed by atoms with Gasteiger partial charge in [-0.25, -0.2) is 0 Å². The van der Waals surface area contributed by atoms with Crippen LogP contribution in [0.2, 0.25) is 10.0 Å². The lowest BCUT2D eigenvalue weighted by atomic mass is 10.2. The van der Waals surface area contributed by atoms with E-state index in [1.54, 1.807) is 43.5 Å². The molecule has 0 aliphatic carbocycles. The van der Waals surface area contributed by atoms with Gasteiger partial charge in [-0.2, -0.15) is 0 Å². The summed E-state index contributed by atoms with van der Waals surface area (Å²) >= 11 is 12.9. The molecule has 26 heavy (non-hydrogen) atoms. The molecule has 2 aromatic carbocycles. The number of hydrogen-bond acceptors (Lipinski definition) is 5. The first-order valence-corrected chi connectivity index (χ1v) is 9.13. The Morgan fingerprint density at radius 3 is 2.58 bits per heavy atom. The van der Waals surface area contributed by atoms with Crippen LogP contribution < -0.4 is 10.1 Å². The second-order valence-electron chi connectivity index (χ2n) is 5.34. The van der Waals surface area contributed by atoms with E-state index >= 15 is 0 Å². The van der Waals surface area contributed by atoms with Gasteiger partial charge < -0.3 is 10.1 Å². The highest BCUT2D eigenvalue weighted by Gasteiger charge is 2.34. The van der Waals surface area contributed by atoms with Crippen molar-refractivity contribution >= 4 is 57.9 Å². The van der Waals surface area contributed by atoms with Crippen LogP contribution in [0.1, 0.15) is 5.56 Å². The number of nitrogens with one attached hydrogen (secondary N) is 1. The molecular weight excluding hydrogens is 395 g/mol. The second kappa shape index (κ2) is 8.03. The number of ether oxygens (including phenoxy) is 1. The Balaban J connectivity index is 1.72. The van der Waals surface area contributed by atoms with Gasteiger partial charge >= 0.3 is 0 Å². The minimum Gasteiger partial charge on any atom is -0.497 e. The Hall–Kier alpha value is -2.15. The first-order valence-electron chi connectivity index (χ1n) is 7.56. The maximum atomic E-state index is 12.5. The van der Waals surface area contributed by atoms with Gasteiger partial charge in [-0.05, 0) is 53.7 Å². The zero-order chi connectivity index (χ0) is 18.7. The molecule has 8 heteroatoms. The molecule has 3 rings (SSSR count). The predicted molar refractivity (Wildman–Crippen MR) is 106 cm³/mol. The van der Waals surface area contributed by atoms with E-state index in [1.807, 2.05) is 12.1 Å². The normalized spacial score (nSPS) is 15.7. The molecule has 2 aromatic rings. The summed E-state index contributed by atoms with van der Waals surface area (Å²) in [4.78, 5) is 26.2. The van der Waals surface area contributed by atoms with Gasteiger partial charge in [0.15, 0.2) is 0 Å². The summed E-state index contributed by atoms with van der Waals surface area (Å²) in [5, 5.41) is 3.58. The molecule has 0 bridgehead atoms. The van der Waals surface area contributed by atoms with E-state index in [2.05, 4.69) is 5.32 Å². The minimum absolute atomic E-state index is 0.00464. The number of methoxy groups -OCH3 is 1. The number of thioether (sulfide) groups is 1. The minimum atomic E-state index is -0.360. The number of benzene rings is 2. The van der Waals surface area contributed by atoms with Crippen LogP contribution in [0.4, 0.5) is 10.5 Å². The molecule has 1 saturated heterocycles. The van der Waals surface area contributed by atoms with Crippen molar-refractivity contribution in [3.05, 3.63) is 63.0 Å². The Bertz CT molecular complexity index is 885. The zero-order valence-electron chi connectivity index (χ0n) is 13.7. The van der Waals surface area contributed by atoms with Gasteiger partial charge in [0.1, 0.15) is 5.75 Å². The van der Waals surface area contributed by atoms with E-state index in [4.69, 9.17) is 27.9 Å². The summed E-state index contributed by atoms with van der Waals surface area (Å²) in [7, 11) is 1.58. The fraction of sp³-hybridized carbons (Fsp3) is 0.111. The van der Waals surface area contributed by atoms with Crippen molar-refractivity contribution in [2.75, 3.05) is 19.1 Å². The van der Waals surface area contributed by atoms with Gasteiger partial charge in [0.2, 0.25) is 0 Å². The molecule has 1 aliphatic rings. The topological polar surface area (TPSA) is 58.6 Å². The van der Waals surface area contributed by atoms with Gasteiger partial charge in [0.25, 0.3) is 11.1 Å². The van der Waals surface area contributed by atoms with Crippen LogP contribution in [-0.2, 0) is 4.79 Å². The number of amides is 2.